The average Bonchev–Trinajstić information content (AvgIpc) is 2.34. The van der Waals surface area contributed by atoms with Gasteiger partial charge in [-0.1, -0.05) is 28.9 Å². The fraction of sp³-hybridized carbons (Fsp3) is 0.462. The first-order valence-corrected chi connectivity index (χ1v) is 6.61. The number of halogens is 2. The number of carbonyl (C=O) groups excluding carboxylic acids is 1. The summed E-state index contributed by atoms with van der Waals surface area (Å²) in [5, 5.41) is 5.92. The molecule has 19 heavy (non-hydrogen) atoms. The Labute approximate surface area is 128 Å². The van der Waals surface area contributed by atoms with Crippen LogP contribution < -0.4 is 10.6 Å². The number of benzene rings is 1. The minimum atomic E-state index is -0.0793. The maximum atomic E-state index is 12.0. The predicted octanol–water partition coefficient (Wildman–Crippen LogP) is 2.81. The van der Waals surface area contributed by atoms with Crippen molar-refractivity contribution in [3.8, 4) is 0 Å². The van der Waals surface area contributed by atoms with Gasteiger partial charge in [0.2, 0.25) is 5.91 Å². The number of hydrogen-bond donors (Lipinski definition) is 2. The van der Waals surface area contributed by atoms with Crippen LogP contribution in [0.4, 0.5) is 5.69 Å². The van der Waals surface area contributed by atoms with Crippen LogP contribution in [0.15, 0.2) is 22.7 Å². The molecule has 0 bridgehead atoms. The summed E-state index contributed by atoms with van der Waals surface area (Å²) in [4.78, 5) is 12.0. The summed E-state index contributed by atoms with van der Waals surface area (Å²) in [6, 6.07) is 5.70. The third-order valence-electron chi connectivity index (χ3n) is 2.62. The Kier molecular flexibility index (Phi) is 9.01. The highest BCUT2D eigenvalue weighted by molar-refractivity contribution is 9.10. The van der Waals surface area contributed by atoms with Crippen LogP contribution in [0.5, 0.6) is 0 Å². The Hall–Kier alpha value is -0.620. The Morgan fingerprint density at radius 2 is 2.16 bits per heavy atom. The van der Waals surface area contributed by atoms with Crippen molar-refractivity contribution in [2.45, 2.75) is 13.5 Å². The summed E-state index contributed by atoms with van der Waals surface area (Å²) in [5.74, 6) is -0.0795. The summed E-state index contributed by atoms with van der Waals surface area (Å²) in [7, 11) is 3.47. The molecule has 6 heteroatoms. The fourth-order valence-corrected chi connectivity index (χ4v) is 2.10. The number of ether oxygens (including phenoxy) is 1. The third kappa shape index (κ3) is 5.48. The highest BCUT2D eigenvalue weighted by Gasteiger charge is 2.14. The first kappa shape index (κ1) is 18.4. The van der Waals surface area contributed by atoms with Crippen molar-refractivity contribution in [1.29, 1.82) is 0 Å². The van der Waals surface area contributed by atoms with Crippen LogP contribution in [0.25, 0.3) is 0 Å². The number of methoxy groups -OCH3 is 1. The van der Waals surface area contributed by atoms with E-state index in [1.165, 1.54) is 0 Å². The summed E-state index contributed by atoms with van der Waals surface area (Å²) >= 11 is 3.46. The molecule has 0 aromatic heterocycles. The van der Waals surface area contributed by atoms with E-state index in [9.17, 15) is 4.79 Å². The second kappa shape index (κ2) is 9.31. The normalized spacial score (nSPS) is 11.6. The second-order valence-corrected chi connectivity index (χ2v) is 5.00. The zero-order chi connectivity index (χ0) is 13.5. The predicted molar refractivity (Wildman–Crippen MR) is 83.8 cm³/mol. The van der Waals surface area contributed by atoms with Crippen LogP contribution in [0.2, 0.25) is 0 Å². The standard InChI is InChI=1S/C13H19BrN2O2.ClH/c1-9(7-15-2)13(17)16-12-6-4-5-11(14)10(12)8-18-3;/h4-6,9,15H,7-8H2,1-3H3,(H,16,17);1H. The van der Waals surface area contributed by atoms with E-state index in [1.54, 1.807) is 7.11 Å². The monoisotopic (exact) mass is 350 g/mol. The smallest absolute Gasteiger partial charge is 0.228 e. The van der Waals surface area contributed by atoms with Gasteiger partial charge >= 0.3 is 0 Å². The Bertz CT molecular complexity index is 416. The molecule has 108 valence electrons. The van der Waals surface area contributed by atoms with E-state index >= 15 is 0 Å². The maximum absolute atomic E-state index is 12.0. The van der Waals surface area contributed by atoms with Gasteiger partial charge in [0.25, 0.3) is 0 Å². The molecule has 2 N–H and O–H groups in total. The molecule has 0 aliphatic rings. The molecule has 4 nitrogen and oxygen atoms in total. The summed E-state index contributed by atoms with van der Waals surface area (Å²) < 4.78 is 6.08. The van der Waals surface area contributed by atoms with E-state index in [1.807, 2.05) is 32.2 Å². The molecule has 1 unspecified atom stereocenters. The van der Waals surface area contributed by atoms with Crippen molar-refractivity contribution in [3.05, 3.63) is 28.2 Å². The van der Waals surface area contributed by atoms with Crippen molar-refractivity contribution in [1.82, 2.24) is 5.32 Å². The molecule has 0 aliphatic heterocycles. The van der Waals surface area contributed by atoms with Gasteiger partial charge in [-0.15, -0.1) is 12.4 Å². The first-order valence-electron chi connectivity index (χ1n) is 5.82. The molecule has 0 saturated heterocycles. The highest BCUT2D eigenvalue weighted by Crippen LogP contribution is 2.25. The van der Waals surface area contributed by atoms with Gasteiger partial charge in [0.05, 0.1) is 6.61 Å². The minimum Gasteiger partial charge on any atom is -0.380 e. The molecule has 0 radical (unpaired) electrons. The second-order valence-electron chi connectivity index (χ2n) is 4.15. The molecule has 0 spiro atoms. The lowest BCUT2D eigenvalue weighted by atomic mass is 10.1. The van der Waals surface area contributed by atoms with Crippen molar-refractivity contribution in [2.24, 2.45) is 5.92 Å². The Morgan fingerprint density at radius 3 is 2.74 bits per heavy atom. The average molecular weight is 352 g/mol. The van der Waals surface area contributed by atoms with Crippen LogP contribution in [0, 0.1) is 5.92 Å². The van der Waals surface area contributed by atoms with E-state index in [2.05, 4.69) is 26.6 Å². The number of anilines is 1. The Morgan fingerprint density at radius 1 is 1.47 bits per heavy atom. The SMILES string of the molecule is CNCC(C)C(=O)Nc1cccc(Br)c1COC.Cl. The van der Waals surface area contributed by atoms with Gasteiger partial charge in [0.1, 0.15) is 0 Å². The molecular weight excluding hydrogens is 332 g/mol. The molecule has 0 fully saturated rings. The number of rotatable bonds is 6. The van der Waals surface area contributed by atoms with Gasteiger partial charge in [-0.05, 0) is 19.2 Å². The first-order chi connectivity index (χ1) is 8.60. The van der Waals surface area contributed by atoms with Gasteiger partial charge in [0.15, 0.2) is 0 Å². The van der Waals surface area contributed by atoms with Gasteiger partial charge < -0.3 is 15.4 Å². The van der Waals surface area contributed by atoms with Gasteiger partial charge in [0, 0.05) is 35.3 Å². The van der Waals surface area contributed by atoms with E-state index < -0.39 is 0 Å². The number of amides is 1. The highest BCUT2D eigenvalue weighted by atomic mass is 79.9. The molecule has 0 aliphatic carbocycles. The molecule has 1 aromatic carbocycles. The zero-order valence-electron chi connectivity index (χ0n) is 11.3. The van der Waals surface area contributed by atoms with E-state index in [0.717, 1.165) is 15.7 Å². The quantitative estimate of drug-likeness (QED) is 0.828. The van der Waals surface area contributed by atoms with Crippen molar-refractivity contribution in [3.63, 3.8) is 0 Å². The van der Waals surface area contributed by atoms with Gasteiger partial charge in [-0.2, -0.15) is 0 Å². The Balaban J connectivity index is 0.00000324. The van der Waals surface area contributed by atoms with E-state index in [4.69, 9.17) is 4.74 Å². The molecule has 1 rings (SSSR count). The van der Waals surface area contributed by atoms with Crippen LogP contribution in [-0.4, -0.2) is 26.6 Å². The fourth-order valence-electron chi connectivity index (χ4n) is 1.62. The minimum absolute atomic E-state index is 0. The van der Waals surface area contributed by atoms with Crippen molar-refractivity contribution < 1.29 is 9.53 Å². The van der Waals surface area contributed by atoms with E-state index in [0.29, 0.717) is 13.2 Å². The lowest BCUT2D eigenvalue weighted by Gasteiger charge is -2.15. The molecule has 0 saturated carbocycles. The summed E-state index contributed by atoms with van der Waals surface area (Å²) in [6.07, 6.45) is 0. The zero-order valence-corrected chi connectivity index (χ0v) is 13.7. The van der Waals surface area contributed by atoms with Gasteiger partial charge in [-0.3, -0.25) is 4.79 Å². The lowest BCUT2D eigenvalue weighted by molar-refractivity contribution is -0.119. The largest absolute Gasteiger partial charge is 0.380 e. The van der Waals surface area contributed by atoms with Crippen LogP contribution >= 0.6 is 28.3 Å². The van der Waals surface area contributed by atoms with Crippen molar-refractivity contribution >= 4 is 39.9 Å². The molecule has 1 aromatic rings. The lowest BCUT2D eigenvalue weighted by Crippen LogP contribution is -2.29. The summed E-state index contributed by atoms with van der Waals surface area (Å²) in [5.41, 5.74) is 1.74. The van der Waals surface area contributed by atoms with E-state index in [-0.39, 0.29) is 24.2 Å². The van der Waals surface area contributed by atoms with Gasteiger partial charge in [-0.25, -0.2) is 0 Å². The van der Waals surface area contributed by atoms with Crippen molar-refractivity contribution in [2.75, 3.05) is 26.0 Å². The van der Waals surface area contributed by atoms with Crippen LogP contribution in [0.1, 0.15) is 12.5 Å². The molecular formula is C13H20BrClN2O2. The number of carbonyl (C=O) groups is 1. The van der Waals surface area contributed by atoms with Crippen LogP contribution in [0.3, 0.4) is 0 Å². The van der Waals surface area contributed by atoms with Crippen LogP contribution in [-0.2, 0) is 16.1 Å². The molecule has 1 amide bonds. The third-order valence-corrected chi connectivity index (χ3v) is 3.37. The molecule has 1 atom stereocenters. The topological polar surface area (TPSA) is 50.4 Å². The maximum Gasteiger partial charge on any atom is 0.228 e. The summed E-state index contributed by atoms with van der Waals surface area (Å²) in [6.45, 7) is 3.00. The molecule has 0 heterocycles. The number of hydrogen-bond acceptors (Lipinski definition) is 3. The number of nitrogens with one attached hydrogen (secondary N) is 2.